The van der Waals surface area contributed by atoms with Gasteiger partial charge in [-0.3, -0.25) is 5.32 Å². The number of anilines is 1. The molecule has 0 spiro atoms. The standard InChI is InChI=1S/C15H18FN3O2/c1-10-13(18-14(20)21-15(2,3)4)9-17-19(10)12-7-5-6-11(16)8-12/h5-9H,1-4H3,(H,18,20). The predicted molar refractivity (Wildman–Crippen MR) is 78.1 cm³/mol. The van der Waals surface area contributed by atoms with Crippen molar-refractivity contribution in [2.24, 2.45) is 0 Å². The third kappa shape index (κ3) is 3.81. The van der Waals surface area contributed by atoms with E-state index in [4.69, 9.17) is 4.74 Å². The minimum absolute atomic E-state index is 0.343. The molecule has 1 heterocycles. The summed E-state index contributed by atoms with van der Waals surface area (Å²) in [6, 6.07) is 6.08. The molecular weight excluding hydrogens is 273 g/mol. The number of nitrogens with zero attached hydrogens (tertiary/aromatic N) is 2. The normalized spacial score (nSPS) is 11.3. The molecule has 1 amide bonds. The molecule has 0 atom stereocenters. The average molecular weight is 291 g/mol. The van der Waals surface area contributed by atoms with Gasteiger partial charge in [-0.2, -0.15) is 5.10 Å². The monoisotopic (exact) mass is 291 g/mol. The van der Waals surface area contributed by atoms with Gasteiger partial charge in [0.2, 0.25) is 0 Å². The second-order valence-corrected chi connectivity index (χ2v) is 5.66. The van der Waals surface area contributed by atoms with E-state index in [1.807, 2.05) is 0 Å². The number of ether oxygens (including phenoxy) is 1. The fraction of sp³-hybridized carbons (Fsp3) is 0.333. The molecule has 6 heteroatoms. The van der Waals surface area contributed by atoms with Crippen LogP contribution in [0.4, 0.5) is 14.9 Å². The van der Waals surface area contributed by atoms with E-state index in [0.29, 0.717) is 17.1 Å². The lowest BCUT2D eigenvalue weighted by Gasteiger charge is -2.19. The largest absolute Gasteiger partial charge is 0.444 e. The molecule has 21 heavy (non-hydrogen) atoms. The molecule has 1 aromatic carbocycles. The number of benzene rings is 1. The van der Waals surface area contributed by atoms with Crippen molar-refractivity contribution in [3.8, 4) is 5.69 Å². The Morgan fingerprint density at radius 1 is 1.38 bits per heavy atom. The van der Waals surface area contributed by atoms with Crippen LogP contribution in [-0.2, 0) is 4.74 Å². The highest BCUT2D eigenvalue weighted by molar-refractivity contribution is 5.85. The van der Waals surface area contributed by atoms with E-state index in [0.717, 1.165) is 0 Å². The molecule has 0 unspecified atom stereocenters. The highest BCUT2D eigenvalue weighted by atomic mass is 19.1. The predicted octanol–water partition coefficient (Wildman–Crippen LogP) is 3.67. The van der Waals surface area contributed by atoms with Crippen molar-refractivity contribution in [2.45, 2.75) is 33.3 Å². The first-order chi connectivity index (χ1) is 9.76. The fourth-order valence-corrected chi connectivity index (χ4v) is 1.81. The Hall–Kier alpha value is -2.37. The lowest BCUT2D eigenvalue weighted by Crippen LogP contribution is -2.27. The van der Waals surface area contributed by atoms with Crippen molar-refractivity contribution in [1.82, 2.24) is 9.78 Å². The quantitative estimate of drug-likeness (QED) is 0.918. The molecule has 2 aromatic rings. The van der Waals surface area contributed by atoms with E-state index in [1.54, 1.807) is 44.5 Å². The average Bonchev–Trinajstić information content (AvgIpc) is 2.68. The van der Waals surface area contributed by atoms with Gasteiger partial charge in [0.1, 0.15) is 11.4 Å². The molecule has 0 aliphatic rings. The van der Waals surface area contributed by atoms with Gasteiger partial charge in [0.15, 0.2) is 0 Å². The van der Waals surface area contributed by atoms with Gasteiger partial charge < -0.3 is 4.74 Å². The summed E-state index contributed by atoms with van der Waals surface area (Å²) in [7, 11) is 0. The summed E-state index contributed by atoms with van der Waals surface area (Å²) in [5.41, 5.74) is 1.22. The van der Waals surface area contributed by atoms with Gasteiger partial charge in [-0.15, -0.1) is 0 Å². The van der Waals surface area contributed by atoms with Crippen molar-refractivity contribution >= 4 is 11.8 Å². The van der Waals surface area contributed by atoms with Crippen LogP contribution in [-0.4, -0.2) is 21.5 Å². The molecular formula is C15H18FN3O2. The van der Waals surface area contributed by atoms with E-state index >= 15 is 0 Å². The molecule has 1 N–H and O–H groups in total. The molecule has 0 bridgehead atoms. The van der Waals surface area contributed by atoms with Gasteiger partial charge in [0, 0.05) is 0 Å². The van der Waals surface area contributed by atoms with Crippen LogP contribution in [0.15, 0.2) is 30.5 Å². The highest BCUT2D eigenvalue weighted by Gasteiger charge is 2.18. The molecule has 0 saturated heterocycles. The Bertz CT molecular complexity index is 659. The summed E-state index contributed by atoms with van der Waals surface area (Å²) in [5.74, 6) is -0.343. The molecule has 0 fully saturated rings. The number of amides is 1. The van der Waals surface area contributed by atoms with Gasteiger partial charge in [-0.05, 0) is 45.9 Å². The minimum Gasteiger partial charge on any atom is -0.444 e. The molecule has 5 nitrogen and oxygen atoms in total. The maximum atomic E-state index is 13.3. The summed E-state index contributed by atoms with van der Waals surface area (Å²) in [4.78, 5) is 11.7. The molecule has 112 valence electrons. The Morgan fingerprint density at radius 3 is 2.71 bits per heavy atom. The van der Waals surface area contributed by atoms with Crippen molar-refractivity contribution < 1.29 is 13.9 Å². The number of halogens is 1. The molecule has 1 aromatic heterocycles. The number of aromatic nitrogens is 2. The summed E-state index contributed by atoms with van der Waals surface area (Å²) in [5, 5.41) is 6.79. The van der Waals surface area contributed by atoms with Crippen LogP contribution < -0.4 is 5.32 Å². The summed E-state index contributed by atoms with van der Waals surface area (Å²) in [6.07, 6.45) is 0.953. The van der Waals surface area contributed by atoms with Crippen molar-refractivity contribution in [2.75, 3.05) is 5.32 Å². The maximum Gasteiger partial charge on any atom is 0.412 e. The SMILES string of the molecule is Cc1c(NC(=O)OC(C)(C)C)cnn1-c1cccc(F)c1. The summed E-state index contributed by atoms with van der Waals surface area (Å²) in [6.45, 7) is 7.14. The maximum absolute atomic E-state index is 13.3. The van der Waals surface area contributed by atoms with Crippen LogP contribution in [0.25, 0.3) is 5.69 Å². The number of rotatable bonds is 2. The van der Waals surface area contributed by atoms with Crippen molar-refractivity contribution in [3.05, 3.63) is 42.0 Å². The number of hydrogen-bond donors (Lipinski definition) is 1. The molecule has 0 saturated carbocycles. The van der Waals surface area contributed by atoms with Gasteiger partial charge >= 0.3 is 6.09 Å². The van der Waals surface area contributed by atoms with Crippen molar-refractivity contribution in [1.29, 1.82) is 0 Å². The third-order valence-corrected chi connectivity index (χ3v) is 2.70. The summed E-state index contributed by atoms with van der Waals surface area (Å²) < 4.78 is 20.0. The van der Waals surface area contributed by atoms with E-state index in [9.17, 15) is 9.18 Å². The lowest BCUT2D eigenvalue weighted by molar-refractivity contribution is 0.0636. The first-order valence-corrected chi connectivity index (χ1v) is 6.57. The second-order valence-electron chi connectivity index (χ2n) is 5.66. The van der Waals surface area contributed by atoms with Crippen LogP contribution in [0.5, 0.6) is 0 Å². The third-order valence-electron chi connectivity index (χ3n) is 2.70. The molecule has 0 aliphatic carbocycles. The summed E-state index contributed by atoms with van der Waals surface area (Å²) >= 11 is 0. The lowest BCUT2D eigenvalue weighted by atomic mass is 10.2. The van der Waals surface area contributed by atoms with Crippen LogP contribution >= 0.6 is 0 Å². The number of hydrogen-bond acceptors (Lipinski definition) is 3. The Morgan fingerprint density at radius 2 is 2.10 bits per heavy atom. The zero-order valence-electron chi connectivity index (χ0n) is 12.5. The van der Waals surface area contributed by atoms with Crippen LogP contribution in [0, 0.1) is 12.7 Å². The van der Waals surface area contributed by atoms with Crippen LogP contribution in [0.1, 0.15) is 26.5 Å². The first-order valence-electron chi connectivity index (χ1n) is 6.57. The fourth-order valence-electron chi connectivity index (χ4n) is 1.81. The second kappa shape index (κ2) is 5.55. The highest BCUT2D eigenvalue weighted by Crippen LogP contribution is 2.19. The number of carbonyl (C=O) groups excluding carboxylic acids is 1. The van der Waals surface area contributed by atoms with E-state index in [1.165, 1.54) is 18.3 Å². The first kappa shape index (κ1) is 15.0. The number of carbonyl (C=O) groups is 1. The van der Waals surface area contributed by atoms with E-state index < -0.39 is 11.7 Å². The zero-order valence-corrected chi connectivity index (χ0v) is 12.5. The van der Waals surface area contributed by atoms with Crippen molar-refractivity contribution in [3.63, 3.8) is 0 Å². The zero-order chi connectivity index (χ0) is 15.6. The van der Waals surface area contributed by atoms with Crippen LogP contribution in [0.3, 0.4) is 0 Å². The Balaban J connectivity index is 2.20. The van der Waals surface area contributed by atoms with Crippen LogP contribution in [0.2, 0.25) is 0 Å². The Labute approximate surface area is 122 Å². The molecule has 0 radical (unpaired) electrons. The Kier molecular flexibility index (Phi) is 3.97. The van der Waals surface area contributed by atoms with Gasteiger partial charge in [0.25, 0.3) is 0 Å². The van der Waals surface area contributed by atoms with Gasteiger partial charge in [-0.25, -0.2) is 13.9 Å². The topological polar surface area (TPSA) is 56.1 Å². The smallest absolute Gasteiger partial charge is 0.412 e. The molecule has 0 aliphatic heterocycles. The minimum atomic E-state index is -0.573. The number of nitrogens with one attached hydrogen (secondary N) is 1. The molecule has 2 rings (SSSR count). The van der Waals surface area contributed by atoms with E-state index in [2.05, 4.69) is 10.4 Å². The van der Waals surface area contributed by atoms with Gasteiger partial charge in [0.05, 0.1) is 23.3 Å². The van der Waals surface area contributed by atoms with Gasteiger partial charge in [-0.1, -0.05) is 6.07 Å². The van der Waals surface area contributed by atoms with E-state index in [-0.39, 0.29) is 5.82 Å².